The molecule has 1 aliphatic rings. The van der Waals surface area contributed by atoms with E-state index < -0.39 is 0 Å². The lowest BCUT2D eigenvalue weighted by Crippen LogP contribution is -2.24. The summed E-state index contributed by atoms with van der Waals surface area (Å²) in [6.07, 6.45) is 6.26. The van der Waals surface area contributed by atoms with Crippen molar-refractivity contribution >= 4 is 22.5 Å². The van der Waals surface area contributed by atoms with E-state index in [0.717, 1.165) is 23.0 Å². The van der Waals surface area contributed by atoms with E-state index in [4.69, 9.17) is 17.1 Å². The molecule has 2 aromatic rings. The first-order chi connectivity index (χ1) is 10.5. The monoisotopic (exact) mass is 293 g/mol. The van der Waals surface area contributed by atoms with Gasteiger partial charge in [0.1, 0.15) is 0 Å². The first kappa shape index (κ1) is 14.4. The molecule has 112 valence electrons. The highest BCUT2D eigenvalue weighted by Gasteiger charge is 2.31. The van der Waals surface area contributed by atoms with Gasteiger partial charge in [0.25, 0.3) is 5.91 Å². The summed E-state index contributed by atoms with van der Waals surface area (Å²) in [5.74, 6) is 2.92. The Bertz CT molecular complexity index is 802. The van der Waals surface area contributed by atoms with E-state index in [1.807, 2.05) is 12.1 Å². The molecule has 0 saturated heterocycles. The highest BCUT2D eigenvalue weighted by Crippen LogP contribution is 2.33. The number of anilines is 1. The highest BCUT2D eigenvalue weighted by atomic mass is 16.2. The van der Waals surface area contributed by atoms with Crippen molar-refractivity contribution < 1.29 is 4.79 Å². The Labute approximate surface area is 130 Å². The minimum Gasteiger partial charge on any atom is -0.397 e. The van der Waals surface area contributed by atoms with Crippen molar-refractivity contribution in [1.29, 1.82) is 0 Å². The molecule has 1 amide bonds. The van der Waals surface area contributed by atoms with Gasteiger partial charge in [-0.25, -0.2) is 4.98 Å². The van der Waals surface area contributed by atoms with Crippen LogP contribution in [-0.2, 0) is 13.0 Å². The Hall–Kier alpha value is -2.54. The zero-order chi connectivity index (χ0) is 15.9. The minimum absolute atomic E-state index is 0.117. The molecule has 4 nitrogen and oxygen atoms in total. The van der Waals surface area contributed by atoms with Gasteiger partial charge in [-0.2, -0.15) is 0 Å². The molecule has 2 N–H and O–H groups in total. The maximum atomic E-state index is 12.4. The lowest BCUT2D eigenvalue weighted by molar-refractivity contribution is 0.0799. The number of hydrogen-bond donors (Lipinski definition) is 1. The average molecular weight is 293 g/mol. The Morgan fingerprint density at radius 2 is 2.23 bits per heavy atom. The zero-order valence-electron chi connectivity index (χ0n) is 12.9. The molecule has 0 fully saturated rings. The Morgan fingerprint density at radius 1 is 1.45 bits per heavy atom. The van der Waals surface area contributed by atoms with E-state index in [9.17, 15) is 4.79 Å². The van der Waals surface area contributed by atoms with Crippen molar-refractivity contribution in [3.8, 4) is 12.3 Å². The summed E-state index contributed by atoms with van der Waals surface area (Å²) in [5.41, 5.74) is 10.1. The molecule has 1 aromatic carbocycles. The van der Waals surface area contributed by atoms with Crippen LogP contribution in [0.2, 0.25) is 0 Å². The fraction of sp³-hybridized carbons (Fsp3) is 0.333. The van der Waals surface area contributed by atoms with Gasteiger partial charge < -0.3 is 10.6 Å². The summed E-state index contributed by atoms with van der Waals surface area (Å²) < 4.78 is 0. The van der Waals surface area contributed by atoms with Crippen molar-refractivity contribution in [1.82, 2.24) is 9.88 Å². The van der Waals surface area contributed by atoms with Crippen LogP contribution >= 0.6 is 0 Å². The van der Waals surface area contributed by atoms with Gasteiger partial charge in [0.2, 0.25) is 0 Å². The maximum absolute atomic E-state index is 12.4. The van der Waals surface area contributed by atoms with Crippen LogP contribution in [0.25, 0.3) is 10.9 Å². The van der Waals surface area contributed by atoms with Crippen LogP contribution in [0, 0.1) is 18.3 Å². The van der Waals surface area contributed by atoms with Gasteiger partial charge >= 0.3 is 0 Å². The molecule has 22 heavy (non-hydrogen) atoms. The summed E-state index contributed by atoms with van der Waals surface area (Å²) in [6, 6.07) is 5.99. The molecule has 0 atom stereocenters. The van der Waals surface area contributed by atoms with Crippen molar-refractivity contribution in [2.45, 2.75) is 26.8 Å². The molecule has 0 aliphatic carbocycles. The number of nitrogen functional groups attached to an aromatic ring is 1. The van der Waals surface area contributed by atoms with Gasteiger partial charge in [-0.3, -0.25) is 4.79 Å². The van der Waals surface area contributed by atoms with Crippen LogP contribution in [0.15, 0.2) is 18.2 Å². The fourth-order valence-electron chi connectivity index (χ4n) is 3.03. The molecule has 2 heterocycles. The molecule has 4 heteroatoms. The van der Waals surface area contributed by atoms with Crippen molar-refractivity contribution in [2.75, 3.05) is 12.3 Å². The quantitative estimate of drug-likeness (QED) is 0.885. The average Bonchev–Trinajstić information content (AvgIpc) is 2.77. The molecule has 0 saturated carbocycles. The molecule has 0 radical (unpaired) electrons. The third-order valence-corrected chi connectivity index (χ3v) is 3.97. The number of nitrogens with two attached hydrogens (primary N) is 1. The number of aromatic nitrogens is 1. The van der Waals surface area contributed by atoms with Crippen LogP contribution < -0.4 is 5.73 Å². The number of rotatable bonds is 3. The van der Waals surface area contributed by atoms with Crippen LogP contribution in [0.1, 0.15) is 35.5 Å². The van der Waals surface area contributed by atoms with Crippen molar-refractivity contribution in [3.63, 3.8) is 0 Å². The van der Waals surface area contributed by atoms with E-state index in [0.29, 0.717) is 23.7 Å². The van der Waals surface area contributed by atoms with Gasteiger partial charge in [0, 0.05) is 5.39 Å². The molecule has 1 aromatic heterocycles. The van der Waals surface area contributed by atoms with E-state index >= 15 is 0 Å². The summed E-state index contributed by atoms with van der Waals surface area (Å²) in [7, 11) is 0. The summed E-state index contributed by atoms with van der Waals surface area (Å²) in [5, 5.41) is 0.854. The predicted octanol–water partition coefficient (Wildman–Crippen LogP) is 2.60. The number of carbonyl (C=O) groups is 1. The second-order valence-corrected chi connectivity index (χ2v) is 6.12. The second kappa shape index (κ2) is 5.34. The van der Waals surface area contributed by atoms with Crippen LogP contribution in [0.4, 0.5) is 5.69 Å². The number of para-hydroxylation sites is 1. The number of hydrogen-bond acceptors (Lipinski definition) is 3. The van der Waals surface area contributed by atoms with Gasteiger partial charge in [0.05, 0.1) is 35.6 Å². The van der Waals surface area contributed by atoms with Crippen LogP contribution in [0.3, 0.4) is 0 Å². The molecular formula is C18H19N3O. The summed E-state index contributed by atoms with van der Waals surface area (Å²) in [6.45, 7) is 5.07. The van der Waals surface area contributed by atoms with Crippen LogP contribution in [0.5, 0.6) is 0 Å². The first-order valence-electron chi connectivity index (χ1n) is 7.45. The van der Waals surface area contributed by atoms with E-state index in [1.165, 1.54) is 5.56 Å². The lowest BCUT2D eigenvalue weighted by Gasteiger charge is -2.12. The van der Waals surface area contributed by atoms with Crippen molar-refractivity contribution in [3.05, 3.63) is 35.0 Å². The van der Waals surface area contributed by atoms with Gasteiger partial charge in [-0.1, -0.05) is 38.0 Å². The van der Waals surface area contributed by atoms with Crippen molar-refractivity contribution in [2.24, 2.45) is 5.92 Å². The van der Waals surface area contributed by atoms with Gasteiger partial charge in [-0.05, 0) is 17.9 Å². The molecule has 0 unspecified atom stereocenters. The standard InChI is InChI=1S/C18H19N3O/c1-4-8-21-10-14-15(18(21)22)16(19)13-7-5-6-12(9-11(2)3)17(13)20-14/h1,5-7,11H,8-10H2,2-3H3,(H2,19,20). The molecule has 0 bridgehead atoms. The van der Waals surface area contributed by atoms with E-state index in [1.54, 1.807) is 4.90 Å². The number of carbonyl (C=O) groups excluding carboxylic acids is 1. The van der Waals surface area contributed by atoms with E-state index in [-0.39, 0.29) is 12.5 Å². The summed E-state index contributed by atoms with van der Waals surface area (Å²) >= 11 is 0. The zero-order valence-corrected chi connectivity index (χ0v) is 12.9. The second-order valence-electron chi connectivity index (χ2n) is 6.12. The number of fused-ring (bicyclic) bond motifs is 2. The van der Waals surface area contributed by atoms with E-state index in [2.05, 4.69) is 25.8 Å². The summed E-state index contributed by atoms with van der Waals surface area (Å²) in [4.78, 5) is 18.8. The third-order valence-electron chi connectivity index (χ3n) is 3.97. The third kappa shape index (κ3) is 2.19. The number of amides is 1. The predicted molar refractivity (Wildman–Crippen MR) is 88.3 cm³/mol. The Balaban J connectivity index is 2.19. The number of terminal acetylenes is 1. The number of benzene rings is 1. The fourth-order valence-corrected chi connectivity index (χ4v) is 3.03. The molecular weight excluding hydrogens is 274 g/mol. The normalized spacial score (nSPS) is 13.7. The number of nitrogens with zero attached hydrogens (tertiary/aromatic N) is 2. The maximum Gasteiger partial charge on any atom is 0.259 e. The highest BCUT2D eigenvalue weighted by molar-refractivity contribution is 6.09. The van der Waals surface area contributed by atoms with Crippen LogP contribution in [-0.4, -0.2) is 22.3 Å². The van der Waals surface area contributed by atoms with Gasteiger partial charge in [-0.15, -0.1) is 6.42 Å². The Morgan fingerprint density at radius 3 is 2.91 bits per heavy atom. The Kier molecular flexibility index (Phi) is 3.50. The molecule has 3 rings (SSSR count). The number of pyridine rings is 1. The lowest BCUT2D eigenvalue weighted by atomic mass is 9.98. The van der Waals surface area contributed by atoms with Gasteiger partial charge in [0.15, 0.2) is 0 Å². The molecule has 0 spiro atoms. The largest absolute Gasteiger partial charge is 0.397 e. The smallest absolute Gasteiger partial charge is 0.259 e. The first-order valence-corrected chi connectivity index (χ1v) is 7.45. The SMILES string of the molecule is C#CCN1Cc2nc3c(CC(C)C)cccc3c(N)c2C1=O. The minimum atomic E-state index is -0.117. The topological polar surface area (TPSA) is 59.2 Å². The molecule has 1 aliphatic heterocycles.